The molecule has 1 aromatic carbocycles. The number of ether oxygens (including phenoxy) is 1. The number of rotatable bonds is 10. The highest BCUT2D eigenvalue weighted by molar-refractivity contribution is 5.82. The average molecular weight is 415 g/mol. The first kappa shape index (κ1) is 20.8. The van der Waals surface area contributed by atoms with Gasteiger partial charge in [0.25, 0.3) is 5.56 Å². The molecule has 1 N–H and O–H groups in total. The summed E-state index contributed by atoms with van der Waals surface area (Å²) in [5.41, 5.74) is 2.39. The monoisotopic (exact) mass is 414 g/mol. The molecule has 0 bridgehead atoms. The van der Waals surface area contributed by atoms with Crippen molar-refractivity contribution in [1.29, 1.82) is 0 Å². The van der Waals surface area contributed by atoms with Gasteiger partial charge in [-0.05, 0) is 65.8 Å². The van der Waals surface area contributed by atoms with Crippen molar-refractivity contribution in [3.05, 3.63) is 101 Å². The van der Waals surface area contributed by atoms with Gasteiger partial charge >= 0.3 is 0 Å². The Morgan fingerprint density at radius 2 is 1.84 bits per heavy atom. The molecule has 6 heteroatoms. The third-order valence-corrected chi connectivity index (χ3v) is 5.23. The molecular weight excluding hydrogens is 388 g/mol. The van der Waals surface area contributed by atoms with Gasteiger partial charge in [0.2, 0.25) is 0 Å². The van der Waals surface area contributed by atoms with E-state index in [1.54, 1.807) is 12.4 Å². The molecule has 0 aliphatic rings. The number of hydrogen-bond acceptors (Lipinski definition) is 5. The molecule has 0 atom stereocenters. The maximum Gasteiger partial charge on any atom is 0.255 e. The van der Waals surface area contributed by atoms with Crippen molar-refractivity contribution >= 4 is 10.8 Å². The second kappa shape index (κ2) is 10.5. The van der Waals surface area contributed by atoms with Crippen molar-refractivity contribution in [2.45, 2.75) is 19.4 Å². The Morgan fingerprint density at radius 3 is 2.68 bits per heavy atom. The first-order valence-corrected chi connectivity index (χ1v) is 10.5. The quantitative estimate of drug-likeness (QED) is 0.399. The van der Waals surface area contributed by atoms with Crippen molar-refractivity contribution in [1.82, 2.24) is 19.9 Å². The van der Waals surface area contributed by atoms with Gasteiger partial charge in [-0.25, -0.2) is 0 Å². The first-order valence-electron chi connectivity index (χ1n) is 10.5. The number of fused-ring (bicyclic) bond motifs is 1. The van der Waals surface area contributed by atoms with Crippen LogP contribution in [0, 0.1) is 0 Å². The molecular formula is C25H26N4O2. The van der Waals surface area contributed by atoms with E-state index in [9.17, 15) is 4.79 Å². The molecule has 0 saturated carbocycles. The molecule has 0 spiro atoms. The highest BCUT2D eigenvalue weighted by Crippen LogP contribution is 2.18. The molecule has 3 heterocycles. The topological polar surface area (TPSA) is 71.1 Å². The van der Waals surface area contributed by atoms with Crippen LogP contribution >= 0.6 is 0 Å². The van der Waals surface area contributed by atoms with Crippen molar-refractivity contribution in [3.63, 3.8) is 0 Å². The van der Waals surface area contributed by atoms with Gasteiger partial charge in [0.15, 0.2) is 0 Å². The Labute approximate surface area is 181 Å². The summed E-state index contributed by atoms with van der Waals surface area (Å²) in [5.74, 6) is 0.722. The Hall–Kier alpha value is -3.51. The Balaban J connectivity index is 1.33. The number of aromatic amines is 1. The fraction of sp³-hybridized carbons (Fsp3) is 0.240. The minimum Gasteiger partial charge on any atom is -0.494 e. The zero-order valence-electron chi connectivity index (χ0n) is 17.4. The van der Waals surface area contributed by atoms with Gasteiger partial charge in [0.05, 0.1) is 12.0 Å². The summed E-state index contributed by atoms with van der Waals surface area (Å²) in [7, 11) is 0. The molecule has 0 amide bonds. The first-order chi connectivity index (χ1) is 15.3. The third kappa shape index (κ3) is 5.99. The van der Waals surface area contributed by atoms with Gasteiger partial charge < -0.3 is 9.72 Å². The van der Waals surface area contributed by atoms with E-state index in [1.807, 2.05) is 48.9 Å². The van der Waals surface area contributed by atoms with Gasteiger partial charge in [-0.2, -0.15) is 0 Å². The zero-order chi connectivity index (χ0) is 21.3. The molecule has 6 nitrogen and oxygen atoms in total. The fourth-order valence-electron chi connectivity index (χ4n) is 3.58. The molecule has 4 rings (SSSR count). The molecule has 0 fully saturated rings. The van der Waals surface area contributed by atoms with Gasteiger partial charge in [-0.3, -0.25) is 19.7 Å². The molecule has 4 aromatic rings. The van der Waals surface area contributed by atoms with Crippen LogP contribution in [0.15, 0.2) is 84.3 Å². The van der Waals surface area contributed by atoms with Crippen LogP contribution in [0.25, 0.3) is 10.8 Å². The van der Waals surface area contributed by atoms with Crippen LogP contribution in [0.5, 0.6) is 5.75 Å². The summed E-state index contributed by atoms with van der Waals surface area (Å²) in [6.07, 6.45) is 10.9. The molecule has 31 heavy (non-hydrogen) atoms. The lowest BCUT2D eigenvalue weighted by Gasteiger charge is -2.22. The normalized spacial score (nSPS) is 11.1. The Morgan fingerprint density at radius 1 is 0.935 bits per heavy atom. The van der Waals surface area contributed by atoms with Crippen molar-refractivity contribution in [2.75, 3.05) is 19.7 Å². The molecule has 0 unspecified atom stereocenters. The maximum absolute atomic E-state index is 12.0. The SMILES string of the molecule is O=c1[nH]ccc2ccc(OCCCN(CCc3cccnc3)Cc3ccncc3)cc12. The molecule has 158 valence electrons. The van der Waals surface area contributed by atoms with Crippen molar-refractivity contribution in [2.24, 2.45) is 0 Å². The zero-order valence-corrected chi connectivity index (χ0v) is 17.4. The summed E-state index contributed by atoms with van der Waals surface area (Å²) >= 11 is 0. The van der Waals surface area contributed by atoms with Crippen molar-refractivity contribution < 1.29 is 4.74 Å². The van der Waals surface area contributed by atoms with E-state index in [0.717, 1.165) is 43.6 Å². The minimum absolute atomic E-state index is 0.0955. The summed E-state index contributed by atoms with van der Waals surface area (Å²) in [5, 5.41) is 1.56. The summed E-state index contributed by atoms with van der Waals surface area (Å²) in [6, 6.07) is 15.7. The predicted octanol–water partition coefficient (Wildman–Crippen LogP) is 3.83. The summed E-state index contributed by atoms with van der Waals surface area (Å²) in [4.78, 5) is 25.4. The van der Waals surface area contributed by atoms with E-state index in [1.165, 1.54) is 11.1 Å². The number of hydrogen-bond donors (Lipinski definition) is 1. The highest BCUT2D eigenvalue weighted by atomic mass is 16.5. The smallest absolute Gasteiger partial charge is 0.255 e. The van der Waals surface area contributed by atoms with E-state index in [0.29, 0.717) is 12.0 Å². The molecule has 3 aromatic heterocycles. The van der Waals surface area contributed by atoms with Crippen LogP contribution in [0.3, 0.4) is 0 Å². The maximum atomic E-state index is 12.0. The van der Waals surface area contributed by atoms with Gasteiger partial charge in [-0.15, -0.1) is 0 Å². The summed E-state index contributed by atoms with van der Waals surface area (Å²) < 4.78 is 5.93. The molecule has 0 aliphatic heterocycles. The second-order valence-electron chi connectivity index (χ2n) is 7.50. The largest absolute Gasteiger partial charge is 0.494 e. The number of nitrogens with one attached hydrogen (secondary N) is 1. The number of benzene rings is 1. The lowest BCUT2D eigenvalue weighted by Crippen LogP contribution is -2.28. The molecule has 0 radical (unpaired) electrons. The van der Waals surface area contributed by atoms with Crippen LogP contribution in [0.2, 0.25) is 0 Å². The lowest BCUT2D eigenvalue weighted by atomic mass is 10.1. The van der Waals surface area contributed by atoms with Gasteiger partial charge in [0, 0.05) is 50.6 Å². The Bertz CT molecular complexity index is 1150. The lowest BCUT2D eigenvalue weighted by molar-refractivity contribution is 0.230. The molecule has 0 aliphatic carbocycles. The Kier molecular flexibility index (Phi) is 7.03. The predicted molar refractivity (Wildman–Crippen MR) is 122 cm³/mol. The minimum atomic E-state index is -0.0955. The van der Waals surface area contributed by atoms with Crippen LogP contribution in [-0.4, -0.2) is 39.5 Å². The standard InChI is InChI=1S/C25H26N4O2/c30-25-24-17-23(5-4-22(24)8-13-28-25)31-16-2-14-29(19-21-6-11-26-12-7-21)15-9-20-3-1-10-27-18-20/h1,3-8,10-13,17-18H,2,9,14-16,19H2,(H,28,30). The van der Waals surface area contributed by atoms with Crippen molar-refractivity contribution in [3.8, 4) is 5.75 Å². The fourth-order valence-corrected chi connectivity index (χ4v) is 3.58. The van der Waals surface area contributed by atoms with E-state index in [4.69, 9.17) is 4.74 Å². The second-order valence-corrected chi connectivity index (χ2v) is 7.50. The van der Waals surface area contributed by atoms with E-state index < -0.39 is 0 Å². The van der Waals surface area contributed by atoms with Crippen LogP contribution in [0.1, 0.15) is 17.5 Å². The number of aromatic nitrogens is 3. The van der Waals surface area contributed by atoms with Crippen LogP contribution in [0.4, 0.5) is 0 Å². The summed E-state index contributed by atoms with van der Waals surface area (Å²) in [6.45, 7) is 3.32. The number of pyridine rings is 3. The average Bonchev–Trinajstić information content (AvgIpc) is 2.82. The number of nitrogens with zero attached hydrogens (tertiary/aromatic N) is 3. The highest BCUT2D eigenvalue weighted by Gasteiger charge is 2.08. The van der Waals surface area contributed by atoms with E-state index >= 15 is 0 Å². The number of H-pyrrole nitrogens is 1. The molecule has 0 saturated heterocycles. The van der Waals surface area contributed by atoms with Crippen LogP contribution < -0.4 is 10.3 Å². The van der Waals surface area contributed by atoms with Gasteiger partial charge in [-0.1, -0.05) is 12.1 Å². The van der Waals surface area contributed by atoms with Gasteiger partial charge in [0.1, 0.15) is 5.75 Å². The van der Waals surface area contributed by atoms with E-state index in [2.05, 4.69) is 38.1 Å². The van der Waals surface area contributed by atoms with E-state index in [-0.39, 0.29) is 5.56 Å². The van der Waals surface area contributed by atoms with Crippen LogP contribution in [-0.2, 0) is 13.0 Å². The third-order valence-electron chi connectivity index (χ3n) is 5.23.